The number of carbonyl (C=O) groups is 2. The molecule has 8 nitrogen and oxygen atoms in total. The maximum Gasteiger partial charge on any atom is 0.490 e. The van der Waals surface area contributed by atoms with Gasteiger partial charge in [-0.25, -0.2) is 9.78 Å². The number of aromatic amines is 2. The van der Waals surface area contributed by atoms with Gasteiger partial charge in [0.25, 0.3) is 5.56 Å². The smallest absolute Gasteiger partial charge is 0.475 e. The highest BCUT2D eigenvalue weighted by Gasteiger charge is 2.38. The molecule has 1 aromatic carbocycles. The second-order valence-electron chi connectivity index (χ2n) is 6.26. The first-order chi connectivity index (χ1) is 14.1. The van der Waals surface area contributed by atoms with Crippen molar-refractivity contribution in [2.24, 2.45) is 0 Å². The van der Waals surface area contributed by atoms with Crippen LogP contribution in [0.1, 0.15) is 17.1 Å². The van der Waals surface area contributed by atoms with Crippen molar-refractivity contribution >= 4 is 22.6 Å². The summed E-state index contributed by atoms with van der Waals surface area (Å²) in [5.41, 5.74) is 2.41. The topological polar surface area (TPSA) is 128 Å². The van der Waals surface area contributed by atoms with Gasteiger partial charge >= 0.3 is 12.1 Å². The lowest BCUT2D eigenvalue weighted by atomic mass is 10.1. The molecule has 0 saturated carbocycles. The number of fused-ring (bicyclic) bond motifs is 1. The Kier molecular flexibility index (Phi) is 7.34. The van der Waals surface area contributed by atoms with Crippen LogP contribution in [0.15, 0.2) is 41.5 Å². The molecule has 0 unspecified atom stereocenters. The Morgan fingerprint density at radius 3 is 2.50 bits per heavy atom. The van der Waals surface area contributed by atoms with Crippen LogP contribution in [-0.4, -0.2) is 44.7 Å². The molecule has 0 aliphatic rings. The van der Waals surface area contributed by atoms with Gasteiger partial charge in [0.1, 0.15) is 0 Å². The minimum absolute atomic E-state index is 0.121. The number of aryl methyl sites for hydroxylation is 1. The van der Waals surface area contributed by atoms with Gasteiger partial charge in [0, 0.05) is 29.7 Å². The number of alkyl halides is 3. The quantitative estimate of drug-likeness (QED) is 0.499. The predicted octanol–water partition coefficient (Wildman–Crippen LogP) is 2.09. The van der Waals surface area contributed by atoms with Gasteiger partial charge in [-0.15, -0.1) is 0 Å². The van der Waals surface area contributed by atoms with Gasteiger partial charge < -0.3 is 20.4 Å². The van der Waals surface area contributed by atoms with Crippen LogP contribution in [-0.2, 0) is 22.4 Å². The van der Waals surface area contributed by atoms with Crippen molar-refractivity contribution in [3.05, 3.63) is 64.1 Å². The summed E-state index contributed by atoms with van der Waals surface area (Å²) in [6.07, 6.45) is -2.61. The first kappa shape index (κ1) is 22.7. The van der Waals surface area contributed by atoms with Crippen LogP contribution in [0.25, 0.3) is 10.8 Å². The highest BCUT2D eigenvalue weighted by molar-refractivity contribution is 5.84. The van der Waals surface area contributed by atoms with Crippen molar-refractivity contribution in [3.63, 3.8) is 0 Å². The minimum atomic E-state index is -5.08. The molecule has 3 aromatic rings. The van der Waals surface area contributed by atoms with Gasteiger partial charge in [0.15, 0.2) is 0 Å². The van der Waals surface area contributed by atoms with Gasteiger partial charge in [-0.3, -0.25) is 9.59 Å². The summed E-state index contributed by atoms with van der Waals surface area (Å²) >= 11 is 0. The second-order valence-corrected chi connectivity index (χ2v) is 6.26. The third kappa shape index (κ3) is 6.47. The van der Waals surface area contributed by atoms with E-state index in [1.807, 2.05) is 31.2 Å². The summed E-state index contributed by atoms with van der Waals surface area (Å²) in [5.74, 6) is -2.88. The van der Waals surface area contributed by atoms with Gasteiger partial charge in [-0.1, -0.05) is 18.2 Å². The van der Waals surface area contributed by atoms with Crippen LogP contribution in [0.3, 0.4) is 0 Å². The molecule has 0 aliphatic carbocycles. The number of rotatable bonds is 5. The number of H-pyrrole nitrogens is 2. The molecular formula is C19H19F3N4O4. The molecular weight excluding hydrogens is 405 g/mol. The third-order valence-electron chi connectivity index (χ3n) is 4.02. The Hall–Kier alpha value is -3.63. The normalized spacial score (nSPS) is 10.9. The lowest BCUT2D eigenvalue weighted by molar-refractivity contribution is -0.192. The molecule has 4 N–H and O–H groups in total. The van der Waals surface area contributed by atoms with E-state index in [9.17, 15) is 22.8 Å². The monoisotopic (exact) mass is 424 g/mol. The Labute approximate surface area is 168 Å². The summed E-state index contributed by atoms with van der Waals surface area (Å²) in [6, 6.07) is 9.17. The Morgan fingerprint density at radius 1 is 1.23 bits per heavy atom. The van der Waals surface area contributed by atoms with Gasteiger partial charge in [0.2, 0.25) is 5.91 Å². The standard InChI is InChI=1S/C17H18N4O2.C2HF3O2/c1-11-15(20-10-19-11)6-7-18-16(22)9-13-8-12-4-2-3-5-14(12)17(23)21-13;3-2(4,5)1(6)7/h2-5,8,10H,6-7,9H2,1H3,(H,18,22)(H,19,20)(H,21,23);(H,6,7). The van der Waals surface area contributed by atoms with Crippen molar-refractivity contribution in [1.82, 2.24) is 20.3 Å². The number of nitrogens with one attached hydrogen (secondary N) is 3. The molecule has 0 aliphatic heterocycles. The number of pyridine rings is 1. The number of carboxylic acid groups (broad SMARTS) is 1. The number of imidazole rings is 1. The lowest BCUT2D eigenvalue weighted by Crippen LogP contribution is -2.28. The molecule has 0 bridgehead atoms. The fourth-order valence-corrected chi connectivity index (χ4v) is 2.56. The van der Waals surface area contributed by atoms with Crippen LogP contribution in [0.5, 0.6) is 0 Å². The summed E-state index contributed by atoms with van der Waals surface area (Å²) in [4.78, 5) is 42.9. The minimum Gasteiger partial charge on any atom is -0.475 e. The maximum absolute atomic E-state index is 12.0. The van der Waals surface area contributed by atoms with E-state index < -0.39 is 12.1 Å². The number of hydrogen-bond acceptors (Lipinski definition) is 4. The number of benzene rings is 1. The number of hydrogen-bond donors (Lipinski definition) is 4. The molecule has 1 amide bonds. The van der Waals surface area contributed by atoms with Crippen LogP contribution >= 0.6 is 0 Å². The van der Waals surface area contributed by atoms with Crippen LogP contribution < -0.4 is 10.9 Å². The van der Waals surface area contributed by atoms with E-state index in [4.69, 9.17) is 9.90 Å². The molecule has 2 aromatic heterocycles. The van der Waals surface area contributed by atoms with Crippen molar-refractivity contribution in [2.45, 2.75) is 25.9 Å². The third-order valence-corrected chi connectivity index (χ3v) is 4.02. The van der Waals surface area contributed by atoms with Crippen molar-refractivity contribution < 1.29 is 27.9 Å². The first-order valence-electron chi connectivity index (χ1n) is 8.74. The zero-order valence-corrected chi connectivity index (χ0v) is 15.8. The SMILES string of the molecule is Cc1[nH]cnc1CCNC(=O)Cc1cc2ccccc2c(=O)[nH]1.O=C(O)C(F)(F)F. The molecule has 0 saturated heterocycles. The summed E-state index contributed by atoms with van der Waals surface area (Å²) in [5, 5.41) is 11.4. The Bertz CT molecular complexity index is 1090. The zero-order chi connectivity index (χ0) is 22.3. The van der Waals surface area contributed by atoms with Gasteiger partial charge in [0.05, 0.1) is 18.4 Å². The average molecular weight is 424 g/mol. The van der Waals surface area contributed by atoms with Gasteiger partial charge in [-0.2, -0.15) is 13.2 Å². The van der Waals surface area contributed by atoms with E-state index in [-0.39, 0.29) is 17.9 Å². The second kappa shape index (κ2) is 9.72. The fourth-order valence-electron chi connectivity index (χ4n) is 2.56. The molecule has 0 radical (unpaired) electrons. The molecule has 0 atom stereocenters. The highest BCUT2D eigenvalue weighted by Crippen LogP contribution is 2.13. The van der Waals surface area contributed by atoms with E-state index in [2.05, 4.69) is 20.3 Å². The van der Waals surface area contributed by atoms with Crippen molar-refractivity contribution in [2.75, 3.05) is 6.54 Å². The van der Waals surface area contributed by atoms with Crippen LogP contribution in [0.2, 0.25) is 0 Å². The van der Waals surface area contributed by atoms with Crippen molar-refractivity contribution in [1.29, 1.82) is 0 Å². The molecule has 30 heavy (non-hydrogen) atoms. The van der Waals surface area contributed by atoms with Gasteiger partial charge in [-0.05, 0) is 24.4 Å². The number of carboxylic acids is 1. The number of carbonyl (C=O) groups excluding carboxylic acids is 1. The van der Waals surface area contributed by atoms with E-state index in [1.165, 1.54) is 0 Å². The lowest BCUT2D eigenvalue weighted by Gasteiger charge is -2.06. The number of amides is 1. The molecule has 2 heterocycles. The number of aliphatic carboxylic acids is 1. The summed E-state index contributed by atoms with van der Waals surface area (Å²) < 4.78 is 31.7. The van der Waals surface area contributed by atoms with Crippen LogP contribution in [0.4, 0.5) is 13.2 Å². The summed E-state index contributed by atoms with van der Waals surface area (Å²) in [7, 11) is 0. The van der Waals surface area contributed by atoms with Crippen molar-refractivity contribution in [3.8, 4) is 0 Å². The van der Waals surface area contributed by atoms with E-state index in [0.717, 1.165) is 16.8 Å². The van der Waals surface area contributed by atoms with E-state index in [0.29, 0.717) is 24.0 Å². The molecule has 3 rings (SSSR count). The molecule has 160 valence electrons. The Balaban J connectivity index is 0.000000396. The van der Waals surface area contributed by atoms with E-state index >= 15 is 0 Å². The predicted molar refractivity (Wildman–Crippen MR) is 102 cm³/mol. The zero-order valence-electron chi connectivity index (χ0n) is 15.8. The van der Waals surface area contributed by atoms with Crippen LogP contribution in [0, 0.1) is 6.92 Å². The average Bonchev–Trinajstić information content (AvgIpc) is 3.06. The summed E-state index contributed by atoms with van der Waals surface area (Å²) in [6.45, 7) is 2.46. The van der Waals surface area contributed by atoms with E-state index in [1.54, 1.807) is 12.4 Å². The molecule has 11 heteroatoms. The first-order valence-corrected chi connectivity index (χ1v) is 8.74. The molecule has 0 fully saturated rings. The highest BCUT2D eigenvalue weighted by atomic mass is 19.4. The number of nitrogens with zero attached hydrogens (tertiary/aromatic N) is 1. The Morgan fingerprint density at radius 2 is 1.90 bits per heavy atom. The molecule has 0 spiro atoms. The fraction of sp³-hybridized carbons (Fsp3) is 0.263. The number of halogens is 3. The number of aromatic nitrogens is 3. The maximum atomic E-state index is 12.0. The largest absolute Gasteiger partial charge is 0.490 e.